The number of amides is 1. The summed E-state index contributed by atoms with van der Waals surface area (Å²) in [6, 6.07) is 9.60. The number of hydrogen-bond acceptors (Lipinski definition) is 5. The number of carbonyl (C=O) groups excluding carboxylic acids is 1. The van der Waals surface area contributed by atoms with Crippen LogP contribution in [-0.4, -0.2) is 58.9 Å². The van der Waals surface area contributed by atoms with Gasteiger partial charge in [-0.1, -0.05) is 31.2 Å². The number of likely N-dealkylation sites (tertiary alicyclic amines) is 1. The zero-order chi connectivity index (χ0) is 25.0. The first-order valence-corrected chi connectivity index (χ1v) is 12.2. The number of nitrogens with one attached hydrogen (secondary N) is 1. The Kier molecular flexibility index (Phi) is 6.04. The highest BCUT2D eigenvalue weighted by Gasteiger charge is 2.67. The molecule has 9 heteroatoms. The number of aromatic nitrogens is 1. The minimum Gasteiger partial charge on any atom is -0.393 e. The average molecular weight is 489 g/mol. The molecule has 0 radical (unpaired) electrons. The molecule has 4 N–H and O–H groups in total. The number of fused-ring (bicyclic) bond motifs is 1. The zero-order valence-electron chi connectivity index (χ0n) is 19.7. The van der Waals surface area contributed by atoms with Crippen LogP contribution in [0.25, 0.3) is 11.1 Å². The molecule has 2 saturated carbocycles. The van der Waals surface area contributed by atoms with Gasteiger partial charge in [-0.25, -0.2) is 4.98 Å². The second kappa shape index (κ2) is 8.78. The molecule has 2 aliphatic carbocycles. The van der Waals surface area contributed by atoms with Gasteiger partial charge in [-0.15, -0.1) is 0 Å². The summed E-state index contributed by atoms with van der Waals surface area (Å²) in [4.78, 5) is 18.6. The fraction of sp³-hybridized carbons (Fsp3) is 0.538. The Morgan fingerprint density at radius 1 is 1.20 bits per heavy atom. The summed E-state index contributed by atoms with van der Waals surface area (Å²) in [6.07, 6.45) is -0.0763. The van der Waals surface area contributed by atoms with Crippen LogP contribution in [-0.2, 0) is 5.41 Å². The molecule has 1 saturated heterocycles. The van der Waals surface area contributed by atoms with Crippen molar-refractivity contribution >= 4 is 11.7 Å². The third-order valence-corrected chi connectivity index (χ3v) is 8.26. The lowest BCUT2D eigenvalue weighted by Crippen LogP contribution is -2.38. The standard InChI is InChI=1S/C26H31F3N4O2/c1-15-22-12-33(14-26(27,28)29)13-25(15,22)18-4-2-16(3-5-18)17-10-21(23(30)31-11-17)24(35)32-19-6-8-20(34)9-7-19/h2-5,10-11,15,19-20,22,34H,6-9,12-14H2,1H3,(H2,30,31)(H,32,35)/t15?,19?,20?,22-,25+/m1/s1. The maximum absolute atomic E-state index is 12.9. The number of halogens is 3. The maximum atomic E-state index is 12.9. The van der Waals surface area contributed by atoms with Crippen molar-refractivity contribution in [2.24, 2.45) is 11.8 Å². The number of benzene rings is 1. The first kappa shape index (κ1) is 24.1. The Labute approximate surface area is 202 Å². The van der Waals surface area contributed by atoms with Gasteiger partial charge in [-0.3, -0.25) is 9.69 Å². The van der Waals surface area contributed by atoms with Gasteiger partial charge in [0.15, 0.2) is 0 Å². The first-order valence-electron chi connectivity index (χ1n) is 12.2. The van der Waals surface area contributed by atoms with Gasteiger partial charge in [0, 0.05) is 36.3 Å². The van der Waals surface area contributed by atoms with Gasteiger partial charge in [-0.2, -0.15) is 13.2 Å². The van der Waals surface area contributed by atoms with Crippen LogP contribution in [0.4, 0.5) is 19.0 Å². The van der Waals surface area contributed by atoms with Crippen molar-refractivity contribution in [2.45, 2.75) is 56.3 Å². The van der Waals surface area contributed by atoms with Crippen molar-refractivity contribution in [3.05, 3.63) is 47.7 Å². The summed E-state index contributed by atoms with van der Waals surface area (Å²) in [7, 11) is 0. The van der Waals surface area contributed by atoms with Crippen LogP contribution in [0.2, 0.25) is 0 Å². The number of nitrogens with zero attached hydrogens (tertiary/aromatic N) is 2. The van der Waals surface area contributed by atoms with E-state index in [9.17, 15) is 23.1 Å². The number of nitrogens with two attached hydrogens (primary N) is 1. The second-order valence-corrected chi connectivity index (χ2v) is 10.4. The minimum atomic E-state index is -4.19. The van der Waals surface area contributed by atoms with Crippen LogP contribution in [0, 0.1) is 11.8 Å². The molecule has 1 aromatic carbocycles. The van der Waals surface area contributed by atoms with E-state index < -0.39 is 12.7 Å². The number of aliphatic hydroxyl groups is 1. The molecule has 188 valence electrons. The summed E-state index contributed by atoms with van der Waals surface area (Å²) < 4.78 is 38.7. The molecule has 35 heavy (non-hydrogen) atoms. The van der Waals surface area contributed by atoms with Gasteiger partial charge in [0.05, 0.1) is 18.2 Å². The number of alkyl halides is 3. The molecule has 1 amide bonds. The topological polar surface area (TPSA) is 91.5 Å². The van der Waals surface area contributed by atoms with Gasteiger partial charge in [0.1, 0.15) is 5.82 Å². The molecule has 1 unspecified atom stereocenters. The number of pyridine rings is 1. The second-order valence-electron chi connectivity index (χ2n) is 10.4. The van der Waals surface area contributed by atoms with E-state index in [0.717, 1.165) is 29.5 Å². The summed E-state index contributed by atoms with van der Waals surface area (Å²) in [5.74, 6) is 0.472. The smallest absolute Gasteiger partial charge is 0.393 e. The Morgan fingerprint density at radius 3 is 2.54 bits per heavy atom. The number of rotatable bonds is 5. The molecular weight excluding hydrogens is 457 g/mol. The van der Waals surface area contributed by atoms with Crippen LogP contribution in [0.15, 0.2) is 36.5 Å². The fourth-order valence-electron chi connectivity index (χ4n) is 6.23. The third-order valence-electron chi connectivity index (χ3n) is 8.26. The lowest BCUT2D eigenvalue weighted by molar-refractivity contribution is -0.145. The van der Waals surface area contributed by atoms with Crippen molar-refractivity contribution in [1.82, 2.24) is 15.2 Å². The molecule has 6 nitrogen and oxygen atoms in total. The molecular formula is C26H31F3N4O2. The summed E-state index contributed by atoms with van der Waals surface area (Å²) >= 11 is 0. The van der Waals surface area contributed by atoms with Crippen molar-refractivity contribution in [3.63, 3.8) is 0 Å². The van der Waals surface area contributed by atoms with Crippen LogP contribution < -0.4 is 11.1 Å². The van der Waals surface area contributed by atoms with Gasteiger partial charge < -0.3 is 16.2 Å². The van der Waals surface area contributed by atoms with E-state index in [-0.39, 0.29) is 35.2 Å². The Bertz CT molecular complexity index is 1100. The SMILES string of the molecule is CC1[C@H]2CN(CC(F)(F)F)C[C@@]12c1ccc(-c2cnc(N)c(C(=O)NC3CCC(O)CC3)c2)cc1. The molecule has 0 spiro atoms. The minimum absolute atomic E-state index is 0.00398. The van der Waals surface area contributed by atoms with Crippen molar-refractivity contribution < 1.29 is 23.1 Å². The monoisotopic (exact) mass is 488 g/mol. The van der Waals surface area contributed by atoms with Crippen LogP contribution in [0.5, 0.6) is 0 Å². The van der Waals surface area contributed by atoms with E-state index in [0.29, 0.717) is 37.4 Å². The van der Waals surface area contributed by atoms with Gasteiger partial charge in [0.2, 0.25) is 0 Å². The highest BCUT2D eigenvalue weighted by molar-refractivity contribution is 5.99. The Hall–Kier alpha value is -2.65. The van der Waals surface area contributed by atoms with Gasteiger partial charge in [-0.05, 0) is 54.7 Å². The fourth-order valence-corrected chi connectivity index (χ4v) is 6.23. The van der Waals surface area contributed by atoms with E-state index in [1.165, 1.54) is 4.90 Å². The maximum Gasteiger partial charge on any atom is 0.401 e. The molecule has 1 aliphatic heterocycles. The molecule has 0 bridgehead atoms. The summed E-state index contributed by atoms with van der Waals surface area (Å²) in [5, 5.41) is 12.7. The number of aliphatic hydroxyl groups excluding tert-OH is 1. The molecule has 3 aliphatic rings. The van der Waals surface area contributed by atoms with E-state index >= 15 is 0 Å². The highest BCUT2D eigenvalue weighted by atomic mass is 19.4. The largest absolute Gasteiger partial charge is 0.401 e. The number of piperidine rings is 1. The summed E-state index contributed by atoms with van der Waals surface area (Å²) in [5.41, 5.74) is 8.76. The van der Waals surface area contributed by atoms with E-state index in [1.54, 1.807) is 12.3 Å². The van der Waals surface area contributed by atoms with E-state index in [4.69, 9.17) is 5.73 Å². The predicted molar refractivity (Wildman–Crippen MR) is 127 cm³/mol. The molecule has 3 fully saturated rings. The average Bonchev–Trinajstić information content (AvgIpc) is 3.16. The van der Waals surface area contributed by atoms with Gasteiger partial charge >= 0.3 is 6.18 Å². The predicted octanol–water partition coefficient (Wildman–Crippen LogP) is 3.75. The molecule has 5 rings (SSSR count). The van der Waals surface area contributed by atoms with Crippen molar-refractivity contribution in [1.29, 1.82) is 0 Å². The number of hydrogen-bond donors (Lipinski definition) is 3. The summed E-state index contributed by atoms with van der Waals surface area (Å²) in [6.45, 7) is 2.15. The first-order chi connectivity index (χ1) is 16.6. The van der Waals surface area contributed by atoms with Crippen molar-refractivity contribution in [2.75, 3.05) is 25.4 Å². The van der Waals surface area contributed by atoms with E-state index in [1.807, 2.05) is 24.3 Å². The Morgan fingerprint density at radius 2 is 1.89 bits per heavy atom. The molecule has 2 heterocycles. The van der Waals surface area contributed by atoms with E-state index in [2.05, 4.69) is 17.2 Å². The van der Waals surface area contributed by atoms with Crippen LogP contribution in [0.1, 0.15) is 48.5 Å². The number of nitrogen functional groups attached to an aromatic ring is 1. The van der Waals surface area contributed by atoms with Gasteiger partial charge in [0.25, 0.3) is 5.91 Å². The lowest BCUT2D eigenvalue weighted by Gasteiger charge is -2.26. The Balaban J connectivity index is 1.31. The normalized spacial score (nSPS) is 30.7. The zero-order valence-corrected chi connectivity index (χ0v) is 19.7. The van der Waals surface area contributed by atoms with Crippen molar-refractivity contribution in [3.8, 4) is 11.1 Å². The quantitative estimate of drug-likeness (QED) is 0.597. The molecule has 1 aromatic heterocycles. The lowest BCUT2D eigenvalue weighted by atomic mass is 9.91. The number of carbonyl (C=O) groups is 1. The molecule has 3 atom stereocenters. The van der Waals surface area contributed by atoms with Crippen LogP contribution >= 0.6 is 0 Å². The number of anilines is 1. The third kappa shape index (κ3) is 4.63. The molecule has 2 aromatic rings. The highest BCUT2D eigenvalue weighted by Crippen LogP contribution is 2.64. The van der Waals surface area contributed by atoms with Crippen LogP contribution in [0.3, 0.4) is 0 Å².